The van der Waals surface area contributed by atoms with Gasteiger partial charge in [-0.1, -0.05) is 6.92 Å². The molecule has 0 saturated carbocycles. The first-order valence-corrected chi connectivity index (χ1v) is 8.42. The van der Waals surface area contributed by atoms with Gasteiger partial charge in [0.1, 0.15) is 5.60 Å². The fraction of sp³-hybridized carbons (Fsp3) is 0.625. The van der Waals surface area contributed by atoms with E-state index in [1.54, 1.807) is 16.2 Å². The van der Waals surface area contributed by atoms with Gasteiger partial charge in [0.05, 0.1) is 11.5 Å². The first kappa shape index (κ1) is 16.8. The fourth-order valence-corrected chi connectivity index (χ4v) is 3.99. The zero-order chi connectivity index (χ0) is 16.5. The van der Waals surface area contributed by atoms with Gasteiger partial charge in [0.2, 0.25) is 5.91 Å². The molecule has 0 aromatic carbocycles. The molecule has 0 radical (unpaired) electrons. The molecule has 1 aromatic heterocycles. The van der Waals surface area contributed by atoms with Gasteiger partial charge in [0, 0.05) is 18.3 Å². The summed E-state index contributed by atoms with van der Waals surface area (Å²) in [6, 6.07) is 0. The maximum Gasteiger partial charge on any atom is 0.410 e. The molecule has 0 fully saturated rings. The molecule has 2 rings (SSSR count). The number of fused-ring (bicyclic) bond motifs is 1. The third-order valence-electron chi connectivity index (χ3n) is 3.46. The smallest absolute Gasteiger partial charge is 0.410 e. The second-order valence-electron chi connectivity index (χ2n) is 6.50. The Kier molecular flexibility index (Phi) is 4.80. The summed E-state index contributed by atoms with van der Waals surface area (Å²) in [5.74, 6) is -0.0581. The molecule has 6 heteroatoms. The van der Waals surface area contributed by atoms with Crippen molar-refractivity contribution in [3.63, 3.8) is 0 Å². The maximum atomic E-state index is 12.2. The highest BCUT2D eigenvalue weighted by atomic mass is 32.1. The predicted molar refractivity (Wildman–Crippen MR) is 88.3 cm³/mol. The molecule has 0 aliphatic carbocycles. The summed E-state index contributed by atoms with van der Waals surface area (Å²) >= 11 is 1.57. The van der Waals surface area contributed by atoms with Crippen molar-refractivity contribution in [2.45, 2.75) is 59.6 Å². The molecule has 122 valence electrons. The molecule has 1 aliphatic rings. The molecule has 1 N–H and O–H groups in total. The lowest BCUT2D eigenvalue weighted by Crippen LogP contribution is -2.39. The van der Waals surface area contributed by atoms with Gasteiger partial charge in [-0.25, -0.2) is 4.79 Å². The first-order valence-electron chi connectivity index (χ1n) is 7.60. The van der Waals surface area contributed by atoms with Crippen LogP contribution in [0.25, 0.3) is 0 Å². The van der Waals surface area contributed by atoms with E-state index in [0.717, 1.165) is 22.7 Å². The van der Waals surface area contributed by atoms with Crippen molar-refractivity contribution in [1.29, 1.82) is 0 Å². The Morgan fingerprint density at radius 2 is 2.05 bits per heavy atom. The summed E-state index contributed by atoms with van der Waals surface area (Å²) in [6.07, 6.45) is 1.42. The zero-order valence-corrected chi connectivity index (χ0v) is 14.7. The molecule has 2 amide bonds. The van der Waals surface area contributed by atoms with Crippen LogP contribution in [0.5, 0.6) is 0 Å². The summed E-state index contributed by atoms with van der Waals surface area (Å²) in [4.78, 5) is 26.4. The highest BCUT2D eigenvalue weighted by Gasteiger charge is 2.29. The highest BCUT2D eigenvalue weighted by Crippen LogP contribution is 2.37. The number of hydrogen-bond acceptors (Lipinski definition) is 4. The predicted octanol–water partition coefficient (Wildman–Crippen LogP) is 3.56. The SMILES string of the molecule is CCc1c(NC(C)=O)sc2c1CCN(C(=O)OC(C)(C)C)C2. The Morgan fingerprint density at radius 1 is 1.36 bits per heavy atom. The number of amides is 2. The summed E-state index contributed by atoms with van der Waals surface area (Å²) in [5.41, 5.74) is 2.01. The van der Waals surface area contributed by atoms with Crippen molar-refractivity contribution in [3.8, 4) is 0 Å². The summed E-state index contributed by atoms with van der Waals surface area (Å²) in [7, 11) is 0. The third-order valence-corrected chi connectivity index (χ3v) is 4.64. The third kappa shape index (κ3) is 3.80. The van der Waals surface area contributed by atoms with Crippen LogP contribution in [0.15, 0.2) is 0 Å². The van der Waals surface area contributed by atoms with Crippen molar-refractivity contribution in [3.05, 3.63) is 16.0 Å². The number of ether oxygens (including phenoxy) is 1. The second kappa shape index (κ2) is 6.28. The molecule has 1 aromatic rings. The average molecular weight is 324 g/mol. The molecule has 0 atom stereocenters. The van der Waals surface area contributed by atoms with Crippen LogP contribution in [0, 0.1) is 0 Å². The van der Waals surface area contributed by atoms with Crippen molar-refractivity contribution in [2.24, 2.45) is 0 Å². The van der Waals surface area contributed by atoms with Gasteiger partial charge < -0.3 is 15.0 Å². The largest absolute Gasteiger partial charge is 0.444 e. The number of anilines is 1. The number of rotatable bonds is 2. The maximum absolute atomic E-state index is 12.2. The van der Waals surface area contributed by atoms with Crippen LogP contribution in [-0.4, -0.2) is 29.0 Å². The fourth-order valence-electron chi connectivity index (χ4n) is 2.59. The van der Waals surface area contributed by atoms with E-state index in [2.05, 4.69) is 12.2 Å². The Labute approximate surface area is 135 Å². The standard InChI is InChI=1S/C16H24N2O3S/c1-6-11-12-7-8-18(15(20)21-16(3,4)5)9-13(12)22-14(11)17-10(2)19/h6-9H2,1-5H3,(H,17,19). The molecule has 1 aliphatic heterocycles. The number of carbonyl (C=O) groups excluding carboxylic acids is 2. The van der Waals surface area contributed by atoms with E-state index in [4.69, 9.17) is 4.74 Å². The van der Waals surface area contributed by atoms with Crippen molar-refractivity contribution < 1.29 is 14.3 Å². The lowest BCUT2D eigenvalue weighted by atomic mass is 10.0. The highest BCUT2D eigenvalue weighted by molar-refractivity contribution is 7.16. The molecule has 22 heavy (non-hydrogen) atoms. The number of carbonyl (C=O) groups is 2. The Morgan fingerprint density at radius 3 is 2.59 bits per heavy atom. The molecule has 0 spiro atoms. The Hall–Kier alpha value is -1.56. The normalized spacial score (nSPS) is 14.5. The molecular formula is C16H24N2O3S. The van der Waals surface area contributed by atoms with E-state index >= 15 is 0 Å². The molecule has 2 heterocycles. The summed E-state index contributed by atoms with van der Waals surface area (Å²) in [6.45, 7) is 10.4. The minimum absolute atomic E-state index is 0.0581. The molecule has 0 saturated heterocycles. The monoisotopic (exact) mass is 324 g/mol. The van der Waals surface area contributed by atoms with Gasteiger partial charge in [-0.3, -0.25) is 4.79 Å². The molecule has 5 nitrogen and oxygen atoms in total. The van der Waals surface area contributed by atoms with Crippen molar-refractivity contribution in [2.75, 3.05) is 11.9 Å². The molecule has 0 bridgehead atoms. The topological polar surface area (TPSA) is 58.6 Å². The van der Waals surface area contributed by atoms with Gasteiger partial charge in [-0.2, -0.15) is 0 Å². The van der Waals surface area contributed by atoms with Crippen LogP contribution < -0.4 is 5.32 Å². The van der Waals surface area contributed by atoms with Gasteiger partial charge >= 0.3 is 6.09 Å². The second-order valence-corrected chi connectivity index (χ2v) is 7.60. The van der Waals surface area contributed by atoms with Crippen LogP contribution in [0.2, 0.25) is 0 Å². The number of nitrogens with zero attached hydrogens (tertiary/aromatic N) is 1. The van der Waals surface area contributed by atoms with Gasteiger partial charge in [0.15, 0.2) is 0 Å². The minimum Gasteiger partial charge on any atom is -0.444 e. The van der Waals surface area contributed by atoms with E-state index in [1.165, 1.54) is 18.1 Å². The van der Waals surface area contributed by atoms with E-state index in [1.807, 2.05) is 20.8 Å². The zero-order valence-electron chi connectivity index (χ0n) is 13.9. The summed E-state index contributed by atoms with van der Waals surface area (Å²) in [5, 5.41) is 3.83. The Balaban J connectivity index is 2.18. The van der Waals surface area contributed by atoms with Crippen LogP contribution in [0.3, 0.4) is 0 Å². The van der Waals surface area contributed by atoms with Crippen LogP contribution in [0.1, 0.15) is 50.6 Å². The van der Waals surface area contributed by atoms with Gasteiger partial charge in [-0.05, 0) is 44.7 Å². The van der Waals surface area contributed by atoms with E-state index in [9.17, 15) is 9.59 Å². The number of hydrogen-bond donors (Lipinski definition) is 1. The Bertz CT molecular complexity index is 587. The number of thiophene rings is 1. The minimum atomic E-state index is -0.483. The first-order chi connectivity index (χ1) is 10.2. The van der Waals surface area contributed by atoms with E-state index < -0.39 is 5.60 Å². The lowest BCUT2D eigenvalue weighted by Gasteiger charge is -2.30. The number of nitrogens with one attached hydrogen (secondary N) is 1. The van der Waals surface area contributed by atoms with Gasteiger partial charge in [0.25, 0.3) is 0 Å². The van der Waals surface area contributed by atoms with Crippen LogP contribution >= 0.6 is 11.3 Å². The molecular weight excluding hydrogens is 300 g/mol. The van der Waals surface area contributed by atoms with Crippen molar-refractivity contribution >= 4 is 28.3 Å². The quantitative estimate of drug-likeness (QED) is 0.905. The van der Waals surface area contributed by atoms with Crippen LogP contribution in [-0.2, 0) is 28.9 Å². The average Bonchev–Trinajstić information content (AvgIpc) is 2.71. The van der Waals surface area contributed by atoms with Crippen LogP contribution in [0.4, 0.5) is 9.80 Å². The molecule has 0 unspecified atom stereocenters. The lowest BCUT2D eigenvalue weighted by molar-refractivity contribution is -0.114. The van der Waals surface area contributed by atoms with Gasteiger partial charge in [-0.15, -0.1) is 11.3 Å². The summed E-state index contributed by atoms with van der Waals surface area (Å²) < 4.78 is 5.44. The van der Waals surface area contributed by atoms with E-state index in [-0.39, 0.29) is 12.0 Å². The van der Waals surface area contributed by atoms with E-state index in [0.29, 0.717) is 13.1 Å². The van der Waals surface area contributed by atoms with Crippen molar-refractivity contribution in [1.82, 2.24) is 4.90 Å².